The third-order valence-electron chi connectivity index (χ3n) is 4.42. The van der Waals surface area contributed by atoms with Crippen molar-refractivity contribution in [3.63, 3.8) is 0 Å². The highest BCUT2D eigenvalue weighted by molar-refractivity contribution is 7.98. The minimum Gasteiger partial charge on any atom is -0.226 e. The topological polar surface area (TPSA) is 69.4 Å². The minimum absolute atomic E-state index is 0.411. The Morgan fingerprint density at radius 3 is 2.48 bits per heavy atom. The highest BCUT2D eigenvalue weighted by atomic mass is 32.2. The zero-order chi connectivity index (χ0) is 20.8. The van der Waals surface area contributed by atoms with Gasteiger partial charge in [0.05, 0.1) is 17.0 Å². The van der Waals surface area contributed by atoms with Gasteiger partial charge in [0.25, 0.3) is 0 Å². The van der Waals surface area contributed by atoms with E-state index in [1.54, 1.807) is 11.3 Å². The Morgan fingerprint density at radius 1 is 1.07 bits per heavy atom. The predicted octanol–water partition coefficient (Wildman–Crippen LogP) is 4.90. The van der Waals surface area contributed by atoms with E-state index in [-0.39, 0.29) is 0 Å². The number of hydrogen-bond acceptors (Lipinski definition) is 7. The van der Waals surface area contributed by atoms with E-state index in [2.05, 4.69) is 32.4 Å². The Morgan fingerprint density at radius 2 is 1.79 bits per heavy atom. The molecule has 6 nitrogen and oxygen atoms in total. The summed E-state index contributed by atoms with van der Waals surface area (Å²) in [6.07, 6.45) is -4.38. The van der Waals surface area contributed by atoms with Crippen LogP contribution in [0.3, 0.4) is 0 Å². The van der Waals surface area contributed by atoms with Crippen LogP contribution in [-0.2, 0) is 11.9 Å². The van der Waals surface area contributed by atoms with E-state index < -0.39 is 11.7 Å². The zero-order valence-electron chi connectivity index (χ0n) is 15.7. The summed E-state index contributed by atoms with van der Waals surface area (Å²) in [7, 11) is 0. The van der Waals surface area contributed by atoms with Gasteiger partial charge in [-0.05, 0) is 61.0 Å². The predicted molar refractivity (Wildman–Crippen MR) is 105 cm³/mol. The first-order valence-corrected chi connectivity index (χ1v) is 10.4. The summed E-state index contributed by atoms with van der Waals surface area (Å²) in [4.78, 5) is 11.2. The van der Waals surface area contributed by atoms with E-state index in [9.17, 15) is 13.2 Å². The van der Waals surface area contributed by atoms with Gasteiger partial charge in [0, 0.05) is 10.3 Å². The Bertz CT molecular complexity index is 1180. The van der Waals surface area contributed by atoms with E-state index in [1.807, 2.05) is 13.8 Å². The zero-order valence-corrected chi connectivity index (χ0v) is 17.3. The normalized spacial score (nSPS) is 12.1. The van der Waals surface area contributed by atoms with Crippen LogP contribution in [0.2, 0.25) is 0 Å². The molecule has 0 fully saturated rings. The van der Waals surface area contributed by atoms with Gasteiger partial charge in [-0.25, -0.2) is 9.97 Å². The van der Waals surface area contributed by atoms with E-state index in [4.69, 9.17) is 0 Å². The molecule has 29 heavy (non-hydrogen) atoms. The van der Waals surface area contributed by atoms with Crippen LogP contribution >= 0.6 is 23.1 Å². The molecule has 0 unspecified atom stereocenters. The van der Waals surface area contributed by atoms with Gasteiger partial charge < -0.3 is 0 Å². The molecule has 11 heteroatoms. The van der Waals surface area contributed by atoms with Gasteiger partial charge in [0.1, 0.15) is 15.7 Å². The number of thiophene rings is 1. The number of alkyl halides is 3. The van der Waals surface area contributed by atoms with Crippen LogP contribution in [0.5, 0.6) is 0 Å². The highest BCUT2D eigenvalue weighted by Gasteiger charge is 2.30. The lowest BCUT2D eigenvalue weighted by Crippen LogP contribution is -2.06. The standard InChI is InChI=1S/C18H15F3N6S2/c1-9-10(2)29-17-15(9)16(22-11(3)23-17)28-8-14-24-25-26-27(14)13-6-4-12(5-7-13)18(19,20)21/h4-7H,8H2,1-3H3. The van der Waals surface area contributed by atoms with Gasteiger partial charge in [-0.15, -0.1) is 16.4 Å². The number of benzene rings is 1. The number of thioether (sulfide) groups is 1. The van der Waals surface area contributed by atoms with Gasteiger partial charge in [-0.3, -0.25) is 0 Å². The van der Waals surface area contributed by atoms with Crippen molar-refractivity contribution >= 4 is 33.3 Å². The second-order valence-electron chi connectivity index (χ2n) is 6.38. The van der Waals surface area contributed by atoms with Crippen molar-refractivity contribution in [1.29, 1.82) is 0 Å². The fourth-order valence-corrected chi connectivity index (χ4v) is 5.02. The molecule has 0 saturated heterocycles. The molecule has 150 valence electrons. The second-order valence-corrected chi connectivity index (χ2v) is 8.55. The first-order valence-electron chi connectivity index (χ1n) is 8.56. The summed E-state index contributed by atoms with van der Waals surface area (Å²) in [6.45, 7) is 5.94. The molecule has 0 amide bonds. The number of halogens is 3. The maximum Gasteiger partial charge on any atom is 0.416 e. The van der Waals surface area contributed by atoms with Crippen molar-refractivity contribution in [2.24, 2.45) is 0 Å². The summed E-state index contributed by atoms with van der Waals surface area (Å²) in [5.41, 5.74) is 0.896. The molecule has 1 aromatic carbocycles. The minimum atomic E-state index is -4.38. The summed E-state index contributed by atoms with van der Waals surface area (Å²) in [6, 6.07) is 4.74. The van der Waals surface area contributed by atoms with Crippen molar-refractivity contribution in [2.75, 3.05) is 0 Å². The Labute approximate surface area is 172 Å². The third-order valence-corrected chi connectivity index (χ3v) is 6.49. The van der Waals surface area contributed by atoms with Crippen molar-refractivity contribution in [3.05, 3.63) is 51.9 Å². The molecule has 0 spiro atoms. The summed E-state index contributed by atoms with van der Waals surface area (Å²) >= 11 is 3.11. The summed E-state index contributed by atoms with van der Waals surface area (Å²) < 4.78 is 39.8. The van der Waals surface area contributed by atoms with Crippen molar-refractivity contribution in [3.8, 4) is 5.69 Å². The van der Waals surface area contributed by atoms with Gasteiger partial charge in [-0.2, -0.15) is 17.9 Å². The second kappa shape index (κ2) is 7.38. The number of nitrogens with zero attached hydrogens (tertiary/aromatic N) is 6. The first-order chi connectivity index (χ1) is 13.7. The number of fused-ring (bicyclic) bond motifs is 1. The molecule has 0 N–H and O–H groups in total. The number of aromatic nitrogens is 6. The van der Waals surface area contributed by atoms with Crippen LogP contribution in [0, 0.1) is 20.8 Å². The lowest BCUT2D eigenvalue weighted by atomic mass is 10.2. The summed E-state index contributed by atoms with van der Waals surface area (Å²) in [5.74, 6) is 1.61. The Balaban J connectivity index is 1.62. The lowest BCUT2D eigenvalue weighted by molar-refractivity contribution is -0.137. The van der Waals surface area contributed by atoms with Gasteiger partial charge in [0.2, 0.25) is 0 Å². The highest BCUT2D eigenvalue weighted by Crippen LogP contribution is 2.36. The molecule has 0 bridgehead atoms. The van der Waals surface area contributed by atoms with Crippen LogP contribution < -0.4 is 0 Å². The van der Waals surface area contributed by atoms with Gasteiger partial charge in [0.15, 0.2) is 5.82 Å². The average molecular weight is 436 g/mol. The van der Waals surface area contributed by atoms with Crippen LogP contribution in [0.25, 0.3) is 15.9 Å². The van der Waals surface area contributed by atoms with E-state index >= 15 is 0 Å². The van der Waals surface area contributed by atoms with E-state index in [0.29, 0.717) is 23.1 Å². The van der Waals surface area contributed by atoms with Crippen LogP contribution in [0.4, 0.5) is 13.2 Å². The third kappa shape index (κ3) is 3.84. The van der Waals surface area contributed by atoms with Crippen LogP contribution in [0.1, 0.15) is 27.7 Å². The van der Waals surface area contributed by atoms with Crippen LogP contribution in [0.15, 0.2) is 29.3 Å². The molecule has 0 aliphatic carbocycles. The van der Waals surface area contributed by atoms with Gasteiger partial charge >= 0.3 is 6.18 Å². The molecule has 4 aromatic rings. The van der Waals surface area contributed by atoms with Crippen molar-refractivity contribution in [2.45, 2.75) is 37.7 Å². The molecule has 3 aromatic heterocycles. The van der Waals surface area contributed by atoms with Crippen molar-refractivity contribution < 1.29 is 13.2 Å². The quantitative estimate of drug-likeness (QED) is 0.335. The maximum absolute atomic E-state index is 12.8. The number of tetrazole rings is 1. The first kappa shape index (κ1) is 19.8. The molecule has 0 radical (unpaired) electrons. The number of aryl methyl sites for hydroxylation is 3. The number of hydrogen-bond donors (Lipinski definition) is 0. The Kier molecular flexibility index (Phi) is 5.03. The smallest absolute Gasteiger partial charge is 0.226 e. The fourth-order valence-electron chi connectivity index (χ4n) is 2.84. The van der Waals surface area contributed by atoms with E-state index in [0.717, 1.165) is 32.9 Å². The monoisotopic (exact) mass is 436 g/mol. The van der Waals surface area contributed by atoms with Gasteiger partial charge in [-0.1, -0.05) is 11.8 Å². The molecule has 3 heterocycles. The average Bonchev–Trinajstić information content (AvgIpc) is 3.24. The fraction of sp³-hybridized carbons (Fsp3) is 0.278. The molecule has 0 aliphatic rings. The summed E-state index contributed by atoms with van der Waals surface area (Å²) in [5, 5.41) is 13.5. The number of rotatable bonds is 4. The maximum atomic E-state index is 12.8. The largest absolute Gasteiger partial charge is 0.416 e. The molecule has 4 rings (SSSR count). The Hall–Kier alpha value is -2.53. The molecule has 0 aliphatic heterocycles. The van der Waals surface area contributed by atoms with Crippen molar-refractivity contribution in [1.82, 2.24) is 30.2 Å². The lowest BCUT2D eigenvalue weighted by Gasteiger charge is -2.09. The molecule has 0 saturated carbocycles. The van der Waals surface area contributed by atoms with E-state index in [1.165, 1.54) is 33.5 Å². The molecular weight excluding hydrogens is 421 g/mol. The van der Waals surface area contributed by atoms with Crippen LogP contribution in [-0.4, -0.2) is 30.2 Å². The molecule has 0 atom stereocenters. The SMILES string of the molecule is Cc1nc(SCc2nnnn2-c2ccc(C(F)(F)F)cc2)c2c(C)c(C)sc2n1. The molecular formula is C18H15F3N6S2.